The Bertz CT molecular complexity index is 578. The van der Waals surface area contributed by atoms with E-state index in [9.17, 15) is 9.59 Å². The molecular weight excluding hydrogens is 290 g/mol. The van der Waals surface area contributed by atoms with E-state index in [2.05, 4.69) is 17.6 Å². The average Bonchev–Trinajstić information content (AvgIpc) is 3.32. The van der Waals surface area contributed by atoms with Crippen LogP contribution in [-0.2, 0) is 4.79 Å². The fourth-order valence-corrected chi connectivity index (χ4v) is 3.18. The van der Waals surface area contributed by atoms with Crippen LogP contribution < -0.4 is 10.6 Å². The first kappa shape index (κ1) is 16.0. The molecule has 2 unspecified atom stereocenters. The number of amides is 2. The van der Waals surface area contributed by atoms with Gasteiger partial charge in [-0.25, -0.2) is 0 Å². The first-order chi connectivity index (χ1) is 11.1. The maximum atomic E-state index is 12.6. The lowest BCUT2D eigenvalue weighted by molar-refractivity contribution is -0.117. The van der Waals surface area contributed by atoms with Crippen molar-refractivity contribution in [2.45, 2.75) is 32.2 Å². The molecule has 2 atom stereocenters. The van der Waals surface area contributed by atoms with Crippen LogP contribution in [0.5, 0.6) is 0 Å². The highest BCUT2D eigenvalue weighted by Crippen LogP contribution is 2.38. The van der Waals surface area contributed by atoms with E-state index in [4.69, 9.17) is 0 Å². The van der Waals surface area contributed by atoms with Crippen molar-refractivity contribution in [2.24, 2.45) is 11.8 Å². The van der Waals surface area contributed by atoms with Gasteiger partial charge < -0.3 is 15.5 Å². The van der Waals surface area contributed by atoms with E-state index < -0.39 is 0 Å². The van der Waals surface area contributed by atoms with Gasteiger partial charge in [0.2, 0.25) is 5.91 Å². The normalized spacial score (nSPS) is 24.1. The SMILES string of the molecule is CC1CC1C(=O)Nc1ccc(C(=O)N(C)C2CCNCC2)cc1. The second kappa shape index (κ2) is 6.71. The molecule has 0 radical (unpaired) electrons. The standard InChI is InChI=1S/C18H25N3O2/c1-12-11-16(12)17(22)20-14-5-3-13(4-6-14)18(23)21(2)15-7-9-19-10-8-15/h3-6,12,15-16,19H,7-11H2,1-2H3,(H,20,22). The predicted molar refractivity (Wildman–Crippen MR) is 90.3 cm³/mol. The van der Waals surface area contributed by atoms with Gasteiger partial charge in [0.25, 0.3) is 5.91 Å². The van der Waals surface area contributed by atoms with Gasteiger partial charge >= 0.3 is 0 Å². The first-order valence-corrected chi connectivity index (χ1v) is 8.45. The zero-order valence-corrected chi connectivity index (χ0v) is 13.8. The molecule has 3 rings (SSSR count). The molecule has 1 aliphatic heterocycles. The monoisotopic (exact) mass is 315 g/mol. The Balaban J connectivity index is 1.59. The third kappa shape index (κ3) is 3.72. The number of hydrogen-bond donors (Lipinski definition) is 2. The Morgan fingerprint density at radius 3 is 2.35 bits per heavy atom. The minimum absolute atomic E-state index is 0.0468. The summed E-state index contributed by atoms with van der Waals surface area (Å²) in [6.07, 6.45) is 2.97. The number of piperidine rings is 1. The smallest absolute Gasteiger partial charge is 0.253 e. The quantitative estimate of drug-likeness (QED) is 0.894. The molecule has 124 valence electrons. The maximum absolute atomic E-state index is 12.6. The van der Waals surface area contributed by atoms with Crippen molar-refractivity contribution >= 4 is 17.5 Å². The number of anilines is 1. The van der Waals surface area contributed by atoms with Crippen molar-refractivity contribution in [3.8, 4) is 0 Å². The third-order valence-electron chi connectivity index (χ3n) is 5.02. The van der Waals surface area contributed by atoms with Crippen LogP contribution in [-0.4, -0.2) is 42.9 Å². The zero-order valence-electron chi connectivity index (χ0n) is 13.8. The van der Waals surface area contributed by atoms with Crippen LogP contribution in [0.1, 0.15) is 36.5 Å². The van der Waals surface area contributed by atoms with Crippen molar-refractivity contribution in [3.63, 3.8) is 0 Å². The lowest BCUT2D eigenvalue weighted by Gasteiger charge is -2.31. The summed E-state index contributed by atoms with van der Waals surface area (Å²) in [6, 6.07) is 7.53. The van der Waals surface area contributed by atoms with Gasteiger partial charge in [-0.1, -0.05) is 6.92 Å². The molecule has 23 heavy (non-hydrogen) atoms. The second-order valence-electron chi connectivity index (χ2n) is 6.78. The molecule has 1 aromatic rings. The third-order valence-corrected chi connectivity index (χ3v) is 5.02. The number of nitrogens with zero attached hydrogens (tertiary/aromatic N) is 1. The summed E-state index contributed by atoms with van der Waals surface area (Å²) >= 11 is 0. The van der Waals surface area contributed by atoms with Gasteiger partial charge in [-0.15, -0.1) is 0 Å². The van der Waals surface area contributed by atoms with Crippen molar-refractivity contribution in [1.82, 2.24) is 10.2 Å². The molecule has 5 nitrogen and oxygen atoms in total. The predicted octanol–water partition coefficient (Wildman–Crippen LogP) is 2.11. The maximum Gasteiger partial charge on any atom is 0.253 e. The van der Waals surface area contributed by atoms with Gasteiger partial charge in [0.15, 0.2) is 0 Å². The number of hydrogen-bond acceptors (Lipinski definition) is 3. The van der Waals surface area contributed by atoms with Crippen molar-refractivity contribution < 1.29 is 9.59 Å². The van der Waals surface area contributed by atoms with Gasteiger partial charge in [0.1, 0.15) is 0 Å². The molecule has 0 aromatic heterocycles. The molecule has 1 saturated heterocycles. The summed E-state index contributed by atoms with van der Waals surface area (Å²) in [5, 5.41) is 6.23. The number of nitrogens with one attached hydrogen (secondary N) is 2. The van der Waals surface area contributed by atoms with Crippen LogP contribution in [0.4, 0.5) is 5.69 Å². The van der Waals surface area contributed by atoms with E-state index in [0.717, 1.165) is 38.0 Å². The molecule has 2 N–H and O–H groups in total. The minimum Gasteiger partial charge on any atom is -0.339 e. The number of carbonyl (C=O) groups excluding carboxylic acids is 2. The van der Waals surface area contributed by atoms with E-state index >= 15 is 0 Å². The first-order valence-electron chi connectivity index (χ1n) is 8.45. The molecule has 1 heterocycles. The average molecular weight is 315 g/mol. The summed E-state index contributed by atoms with van der Waals surface area (Å²) in [6.45, 7) is 4.02. The van der Waals surface area contributed by atoms with Crippen molar-refractivity contribution in [3.05, 3.63) is 29.8 Å². The molecule has 0 bridgehead atoms. The van der Waals surface area contributed by atoms with Gasteiger partial charge in [-0.05, 0) is 62.5 Å². The topological polar surface area (TPSA) is 61.4 Å². The summed E-state index contributed by atoms with van der Waals surface area (Å²) < 4.78 is 0. The summed E-state index contributed by atoms with van der Waals surface area (Å²) in [4.78, 5) is 26.3. The Kier molecular flexibility index (Phi) is 4.66. The minimum atomic E-state index is 0.0468. The molecule has 1 aliphatic carbocycles. The van der Waals surface area contributed by atoms with E-state index in [1.54, 1.807) is 12.1 Å². The highest BCUT2D eigenvalue weighted by Gasteiger charge is 2.39. The fraction of sp³-hybridized carbons (Fsp3) is 0.556. The second-order valence-corrected chi connectivity index (χ2v) is 6.78. The molecule has 2 aliphatic rings. The summed E-state index contributed by atoms with van der Waals surface area (Å²) in [5.41, 5.74) is 1.43. The zero-order chi connectivity index (χ0) is 16.4. The van der Waals surface area contributed by atoms with Crippen LogP contribution in [0.3, 0.4) is 0 Å². The Morgan fingerprint density at radius 1 is 1.17 bits per heavy atom. The summed E-state index contributed by atoms with van der Waals surface area (Å²) in [5.74, 6) is 0.783. The van der Waals surface area contributed by atoms with Crippen molar-refractivity contribution in [1.29, 1.82) is 0 Å². The van der Waals surface area contributed by atoms with E-state index in [1.807, 2.05) is 24.1 Å². The van der Waals surface area contributed by atoms with Crippen molar-refractivity contribution in [2.75, 3.05) is 25.5 Å². The lowest BCUT2D eigenvalue weighted by atomic mass is 10.0. The van der Waals surface area contributed by atoms with E-state index in [1.165, 1.54) is 0 Å². The molecule has 0 spiro atoms. The largest absolute Gasteiger partial charge is 0.339 e. The molecule has 1 saturated carbocycles. The van der Waals surface area contributed by atoms with Crippen LogP contribution in [0.25, 0.3) is 0 Å². The lowest BCUT2D eigenvalue weighted by Crippen LogP contribution is -2.43. The number of rotatable bonds is 4. The fourth-order valence-electron chi connectivity index (χ4n) is 3.18. The Labute approximate surface area is 137 Å². The van der Waals surface area contributed by atoms with Gasteiger partial charge in [0.05, 0.1) is 0 Å². The molecule has 1 aromatic carbocycles. The van der Waals surface area contributed by atoms with Crippen LogP contribution in [0.2, 0.25) is 0 Å². The Hall–Kier alpha value is -1.88. The molecule has 2 amide bonds. The van der Waals surface area contributed by atoms with Gasteiger partial charge in [-0.3, -0.25) is 9.59 Å². The summed E-state index contributed by atoms with van der Waals surface area (Å²) in [7, 11) is 1.88. The van der Waals surface area contributed by atoms with Gasteiger partial charge in [0, 0.05) is 30.3 Å². The van der Waals surface area contributed by atoms with E-state index in [-0.39, 0.29) is 17.7 Å². The highest BCUT2D eigenvalue weighted by molar-refractivity contribution is 5.97. The number of carbonyl (C=O) groups is 2. The molecule has 5 heteroatoms. The molecule has 2 fully saturated rings. The van der Waals surface area contributed by atoms with Crippen LogP contribution >= 0.6 is 0 Å². The highest BCUT2D eigenvalue weighted by atomic mass is 16.2. The van der Waals surface area contributed by atoms with Crippen LogP contribution in [0, 0.1) is 11.8 Å². The number of benzene rings is 1. The molecular formula is C18H25N3O2. The Morgan fingerprint density at radius 2 is 1.78 bits per heavy atom. The van der Waals surface area contributed by atoms with Crippen LogP contribution in [0.15, 0.2) is 24.3 Å². The van der Waals surface area contributed by atoms with Gasteiger partial charge in [-0.2, -0.15) is 0 Å². The van der Waals surface area contributed by atoms with E-state index in [0.29, 0.717) is 17.5 Å².